The molecule has 0 bridgehead atoms. The highest BCUT2D eigenvalue weighted by Crippen LogP contribution is 2.43. The third-order valence-corrected chi connectivity index (χ3v) is 4.70. The number of nitrogens with one attached hydrogen (secondary N) is 1. The zero-order valence-electron chi connectivity index (χ0n) is 18.2. The summed E-state index contributed by atoms with van der Waals surface area (Å²) in [5, 5.41) is 75.0. The summed E-state index contributed by atoms with van der Waals surface area (Å²) in [5.74, 6) is -0.133. The van der Waals surface area contributed by atoms with Crippen molar-refractivity contribution < 1.29 is 25.9 Å². The van der Waals surface area contributed by atoms with E-state index >= 15 is 0 Å². The van der Waals surface area contributed by atoms with Crippen molar-refractivity contribution in [3.8, 4) is 5.75 Å². The van der Waals surface area contributed by atoms with Crippen molar-refractivity contribution in [3.05, 3.63) is 45.8 Å². The van der Waals surface area contributed by atoms with Crippen LogP contribution in [0.3, 0.4) is 0 Å². The average molecular weight is 435 g/mol. The molecule has 2 aromatic carbocycles. The van der Waals surface area contributed by atoms with E-state index in [0.29, 0.717) is 16.8 Å². The van der Waals surface area contributed by atoms with E-state index in [0.717, 1.165) is 12.1 Å². The van der Waals surface area contributed by atoms with Gasteiger partial charge in [0.25, 0.3) is 0 Å². The first-order chi connectivity index (χ1) is 14.0. The lowest BCUT2D eigenvalue weighted by molar-refractivity contribution is -0.271. The van der Waals surface area contributed by atoms with Gasteiger partial charge in [0.2, 0.25) is 0 Å². The Morgan fingerprint density at radius 2 is 1.13 bits per heavy atom. The molecule has 2 aromatic rings. The molecular weight excluding hydrogens is 408 g/mol. The molecular formula is C20H27N4O7-3. The first-order valence-electron chi connectivity index (χ1n) is 9.35. The second-order valence-corrected chi connectivity index (χ2v) is 9.22. The Morgan fingerprint density at radius 1 is 0.742 bits per heavy atom. The van der Waals surface area contributed by atoms with Gasteiger partial charge in [0.1, 0.15) is 11.4 Å². The highest BCUT2D eigenvalue weighted by atomic mass is 16.8. The maximum absolute atomic E-state index is 13.1. The molecule has 0 amide bonds. The fourth-order valence-electron chi connectivity index (χ4n) is 3.11. The molecule has 0 heterocycles. The number of benzene rings is 2. The summed E-state index contributed by atoms with van der Waals surface area (Å²) in [6, 6.07) is 4.83. The summed E-state index contributed by atoms with van der Waals surface area (Å²) in [4.78, 5) is 0. The van der Waals surface area contributed by atoms with E-state index in [1.807, 2.05) is 41.5 Å². The molecule has 0 aliphatic heterocycles. The second-order valence-electron chi connectivity index (χ2n) is 9.22. The van der Waals surface area contributed by atoms with Crippen molar-refractivity contribution in [2.24, 2.45) is 0 Å². The minimum Gasteiger partial charge on any atom is -0.872 e. The minimum atomic E-state index is -0.828. The van der Waals surface area contributed by atoms with Crippen molar-refractivity contribution in [2.75, 3.05) is 21.0 Å². The largest absolute Gasteiger partial charge is 0.872 e. The normalized spacial score (nSPS) is 12.0. The standard InChI is InChI=1S/C20H28N4O7/c1-19(2,3)13-7-11(8-14(18(13)25)20(4,5)6)21-17-15(23(28)29)9-12(22(26)27)10-16(17)24(30)31/h7-10,21,25,28-31H,1-6H3/q-2/p-1. The van der Waals surface area contributed by atoms with Crippen LogP contribution in [0, 0.1) is 10.4 Å². The molecule has 0 saturated carbocycles. The molecule has 172 valence electrons. The van der Waals surface area contributed by atoms with E-state index in [1.165, 1.54) is 0 Å². The molecule has 0 saturated heterocycles. The summed E-state index contributed by atoms with van der Waals surface area (Å²) < 4.78 is 0. The predicted molar refractivity (Wildman–Crippen MR) is 114 cm³/mol. The summed E-state index contributed by atoms with van der Waals surface area (Å²) >= 11 is 0. The van der Waals surface area contributed by atoms with Gasteiger partial charge in [-0.25, -0.2) is 0 Å². The van der Waals surface area contributed by atoms with Crippen molar-refractivity contribution >= 4 is 28.4 Å². The zero-order chi connectivity index (χ0) is 23.9. The summed E-state index contributed by atoms with van der Waals surface area (Å²) in [7, 11) is 0. The summed E-state index contributed by atoms with van der Waals surface area (Å²) in [6.45, 7) is 11.2. The second kappa shape index (κ2) is 8.38. The van der Waals surface area contributed by atoms with Gasteiger partial charge in [0.15, 0.2) is 0 Å². The van der Waals surface area contributed by atoms with Gasteiger partial charge in [0, 0.05) is 11.4 Å². The molecule has 31 heavy (non-hydrogen) atoms. The third kappa shape index (κ3) is 5.28. The van der Waals surface area contributed by atoms with Crippen molar-refractivity contribution in [3.63, 3.8) is 0 Å². The lowest BCUT2D eigenvalue weighted by atomic mass is 9.79. The molecule has 0 spiro atoms. The Balaban J connectivity index is 2.78. The molecule has 0 radical (unpaired) electrons. The molecule has 0 unspecified atom stereocenters. The number of rotatable bonds is 5. The lowest BCUT2D eigenvalue weighted by Crippen LogP contribution is -2.22. The zero-order valence-corrected chi connectivity index (χ0v) is 18.2. The quantitative estimate of drug-likeness (QED) is 0.428. The van der Waals surface area contributed by atoms with Gasteiger partial charge in [-0.2, -0.15) is 0 Å². The minimum absolute atomic E-state index is 0.133. The van der Waals surface area contributed by atoms with Crippen molar-refractivity contribution in [1.29, 1.82) is 0 Å². The fourth-order valence-corrected chi connectivity index (χ4v) is 3.11. The lowest BCUT2D eigenvalue weighted by Gasteiger charge is -2.38. The van der Waals surface area contributed by atoms with E-state index in [2.05, 4.69) is 5.32 Å². The van der Waals surface area contributed by atoms with Crippen LogP contribution in [-0.4, -0.2) is 20.8 Å². The number of hydrogen-bond acceptors (Lipinski definition) is 11. The van der Waals surface area contributed by atoms with E-state index in [4.69, 9.17) is 0 Å². The molecule has 0 aliphatic carbocycles. The fraction of sp³-hybridized carbons (Fsp3) is 0.400. The van der Waals surface area contributed by atoms with E-state index in [1.54, 1.807) is 12.1 Å². The van der Waals surface area contributed by atoms with E-state index in [9.17, 15) is 36.4 Å². The summed E-state index contributed by atoms with van der Waals surface area (Å²) in [6.07, 6.45) is 0. The Bertz CT molecular complexity index is 884. The molecule has 0 fully saturated rings. The van der Waals surface area contributed by atoms with Crippen LogP contribution < -0.4 is 26.1 Å². The highest BCUT2D eigenvalue weighted by molar-refractivity contribution is 5.89. The Morgan fingerprint density at radius 3 is 1.42 bits per heavy atom. The number of hydrogen-bond donors (Lipinski definition) is 5. The average Bonchev–Trinajstić information content (AvgIpc) is 2.60. The smallest absolute Gasteiger partial charge is 0.122 e. The van der Waals surface area contributed by atoms with E-state index < -0.39 is 33.1 Å². The van der Waals surface area contributed by atoms with Crippen LogP contribution in [0.1, 0.15) is 52.7 Å². The molecule has 0 aliphatic rings. The molecule has 11 heteroatoms. The Kier molecular flexibility index (Phi) is 6.62. The van der Waals surface area contributed by atoms with Crippen LogP contribution in [0.25, 0.3) is 0 Å². The van der Waals surface area contributed by atoms with Crippen LogP contribution in [0.5, 0.6) is 5.75 Å². The third-order valence-electron chi connectivity index (χ3n) is 4.70. The molecule has 11 nitrogen and oxygen atoms in total. The molecule has 5 N–H and O–H groups in total. The van der Waals surface area contributed by atoms with Gasteiger partial charge < -0.3 is 26.1 Å². The van der Waals surface area contributed by atoms with Crippen LogP contribution >= 0.6 is 0 Å². The van der Waals surface area contributed by atoms with Crippen LogP contribution in [-0.2, 0) is 10.8 Å². The number of nitrogens with zero attached hydrogens (tertiary/aromatic N) is 3. The van der Waals surface area contributed by atoms with Gasteiger partial charge in [0.05, 0.1) is 5.69 Å². The SMILES string of the molecule is CC(C)(C)c1cc(Nc2c(N(O)O)cc(N([O-])[O-])cc2N(O)O)cc(C(C)(C)C)c1[O-]. The van der Waals surface area contributed by atoms with Crippen LogP contribution in [0.15, 0.2) is 24.3 Å². The maximum atomic E-state index is 13.1. The molecule has 0 atom stereocenters. The van der Waals surface area contributed by atoms with Gasteiger partial charge in [-0.1, -0.05) is 41.5 Å². The first kappa shape index (κ1) is 24.5. The Hall–Kier alpha value is -2.80. The monoisotopic (exact) mass is 435 g/mol. The van der Waals surface area contributed by atoms with Gasteiger partial charge in [-0.3, -0.25) is 20.8 Å². The van der Waals surface area contributed by atoms with Crippen molar-refractivity contribution in [2.45, 2.75) is 52.4 Å². The van der Waals surface area contributed by atoms with Gasteiger partial charge in [-0.05, 0) is 46.2 Å². The predicted octanol–water partition coefficient (Wildman–Crippen LogP) is 4.07. The van der Waals surface area contributed by atoms with E-state index in [-0.39, 0.29) is 21.9 Å². The topological polar surface area (TPSA) is 172 Å². The Labute approximate surface area is 180 Å². The molecule has 0 aromatic heterocycles. The maximum Gasteiger partial charge on any atom is 0.122 e. The van der Waals surface area contributed by atoms with Gasteiger partial charge >= 0.3 is 0 Å². The van der Waals surface area contributed by atoms with Gasteiger partial charge in [-0.15, -0.1) is 16.2 Å². The van der Waals surface area contributed by atoms with Crippen LogP contribution in [0.4, 0.5) is 28.4 Å². The first-order valence-corrected chi connectivity index (χ1v) is 9.35. The summed E-state index contributed by atoms with van der Waals surface area (Å²) in [5.41, 5.74) is -1.61. The van der Waals surface area contributed by atoms with Crippen molar-refractivity contribution in [1.82, 2.24) is 0 Å². The highest BCUT2D eigenvalue weighted by Gasteiger charge is 2.24. The van der Waals surface area contributed by atoms with Crippen LogP contribution in [0.2, 0.25) is 0 Å². The number of anilines is 5. The molecule has 2 rings (SSSR count).